The minimum Gasteiger partial charge on any atom is -0.384 e. The van der Waals surface area contributed by atoms with Crippen molar-refractivity contribution in [3.63, 3.8) is 0 Å². The lowest BCUT2D eigenvalue weighted by atomic mass is 10.1. The van der Waals surface area contributed by atoms with E-state index in [-0.39, 0.29) is 28.4 Å². The minimum absolute atomic E-state index is 0.0574. The Balaban J connectivity index is 1.56. The lowest BCUT2D eigenvalue weighted by Gasteiger charge is -2.14. The summed E-state index contributed by atoms with van der Waals surface area (Å²) in [6, 6.07) is 21.6. The molecule has 0 saturated carbocycles. The molecule has 0 aliphatic heterocycles. The van der Waals surface area contributed by atoms with Gasteiger partial charge in [0.1, 0.15) is 22.7 Å². The van der Waals surface area contributed by atoms with Crippen LogP contribution < -0.4 is 11.1 Å². The lowest BCUT2D eigenvalue weighted by Crippen LogP contribution is -2.33. The van der Waals surface area contributed by atoms with Crippen LogP contribution in [0.2, 0.25) is 5.02 Å². The van der Waals surface area contributed by atoms with Crippen molar-refractivity contribution >= 4 is 45.5 Å². The Hall–Kier alpha value is -3.97. The van der Waals surface area contributed by atoms with E-state index in [0.29, 0.717) is 27.9 Å². The summed E-state index contributed by atoms with van der Waals surface area (Å²) in [6.07, 6.45) is 1.59. The molecule has 0 saturated heterocycles. The van der Waals surface area contributed by atoms with Gasteiger partial charge in [-0.1, -0.05) is 54.1 Å². The third-order valence-electron chi connectivity index (χ3n) is 5.97. The molecule has 0 bridgehead atoms. The number of aryl methyl sites for hydroxylation is 1. The Morgan fingerprint density at radius 1 is 1.06 bits per heavy atom. The molecule has 176 valence electrons. The van der Waals surface area contributed by atoms with Crippen molar-refractivity contribution in [2.45, 2.75) is 25.8 Å². The Bertz CT molecular complexity index is 1550. The number of nitrogens with one attached hydrogen (secondary N) is 1. The number of benzene rings is 3. The number of hydrogen-bond acceptors (Lipinski definition) is 4. The number of rotatable bonds is 6. The molecule has 35 heavy (non-hydrogen) atoms. The molecule has 5 rings (SSSR count). The van der Waals surface area contributed by atoms with Crippen LogP contribution in [-0.2, 0) is 6.42 Å². The molecule has 2 heterocycles. The van der Waals surface area contributed by atoms with Gasteiger partial charge in [0.25, 0.3) is 5.91 Å². The number of carbonyl (C=O) groups is 1. The fraction of sp³-hybridized carbons (Fsp3) is 0.148. The zero-order valence-electron chi connectivity index (χ0n) is 19.0. The standard InChI is InChI=1S/C27H23ClFN5O/c1-16(11-12-17-7-3-2-4-8-17)31-27(35)23-24-26(33-22-10-6-5-9-21(22)32-24)34(25(23)30)18-13-14-20(29)19(28)15-18/h2-10,13-16H,11-12,30H2,1H3,(H,31,35)/t16-/m0/s1. The van der Waals surface area contributed by atoms with Crippen molar-refractivity contribution in [1.29, 1.82) is 0 Å². The zero-order valence-corrected chi connectivity index (χ0v) is 19.8. The second-order valence-corrected chi connectivity index (χ2v) is 8.88. The van der Waals surface area contributed by atoms with Crippen LogP contribution in [0.4, 0.5) is 10.2 Å². The summed E-state index contributed by atoms with van der Waals surface area (Å²) in [6.45, 7) is 1.96. The highest BCUT2D eigenvalue weighted by Gasteiger charge is 2.26. The molecule has 5 aromatic rings. The quantitative estimate of drug-likeness (QED) is 0.321. The van der Waals surface area contributed by atoms with Crippen LogP contribution in [0.25, 0.3) is 27.9 Å². The molecule has 3 N–H and O–H groups in total. The number of amides is 1. The van der Waals surface area contributed by atoms with Crippen LogP contribution in [0.15, 0.2) is 72.8 Å². The van der Waals surface area contributed by atoms with Crippen LogP contribution in [0.3, 0.4) is 0 Å². The molecule has 0 aliphatic rings. The van der Waals surface area contributed by atoms with E-state index in [1.54, 1.807) is 4.57 Å². The van der Waals surface area contributed by atoms with Gasteiger partial charge in [-0.15, -0.1) is 0 Å². The molecule has 3 aromatic carbocycles. The fourth-order valence-electron chi connectivity index (χ4n) is 4.17. The molecule has 0 aliphatic carbocycles. The Kier molecular flexibility index (Phi) is 6.09. The van der Waals surface area contributed by atoms with Crippen LogP contribution in [0, 0.1) is 5.82 Å². The van der Waals surface area contributed by atoms with Gasteiger partial charge in [0.2, 0.25) is 0 Å². The van der Waals surface area contributed by atoms with Crippen LogP contribution in [-0.4, -0.2) is 26.5 Å². The minimum atomic E-state index is -0.549. The van der Waals surface area contributed by atoms with Crippen molar-refractivity contribution in [3.05, 3.63) is 94.8 Å². The first-order chi connectivity index (χ1) is 16.9. The summed E-state index contributed by atoms with van der Waals surface area (Å²) in [5, 5.41) is 2.99. The van der Waals surface area contributed by atoms with Crippen LogP contribution in [0.1, 0.15) is 29.3 Å². The van der Waals surface area contributed by atoms with Crippen molar-refractivity contribution in [1.82, 2.24) is 19.9 Å². The maximum atomic E-state index is 13.8. The number of para-hydroxylation sites is 2. The molecular weight excluding hydrogens is 465 g/mol. The van der Waals surface area contributed by atoms with E-state index in [1.165, 1.54) is 23.8 Å². The zero-order chi connectivity index (χ0) is 24.5. The summed E-state index contributed by atoms with van der Waals surface area (Å²) < 4.78 is 15.4. The second-order valence-electron chi connectivity index (χ2n) is 8.48. The molecule has 2 aromatic heterocycles. The predicted molar refractivity (Wildman–Crippen MR) is 137 cm³/mol. The molecule has 0 fully saturated rings. The fourth-order valence-corrected chi connectivity index (χ4v) is 4.34. The average molecular weight is 488 g/mol. The molecule has 0 spiro atoms. The number of hydrogen-bond donors (Lipinski definition) is 2. The summed E-state index contributed by atoms with van der Waals surface area (Å²) >= 11 is 6.04. The van der Waals surface area contributed by atoms with Crippen molar-refractivity contribution in [2.24, 2.45) is 0 Å². The number of nitrogens with zero attached hydrogens (tertiary/aromatic N) is 3. The van der Waals surface area contributed by atoms with E-state index in [2.05, 4.69) is 17.4 Å². The van der Waals surface area contributed by atoms with E-state index < -0.39 is 5.82 Å². The van der Waals surface area contributed by atoms with Crippen LogP contribution in [0.5, 0.6) is 0 Å². The summed E-state index contributed by atoms with van der Waals surface area (Å²) in [5.74, 6) is -0.734. The summed E-state index contributed by atoms with van der Waals surface area (Å²) in [5.41, 5.74) is 10.5. The predicted octanol–water partition coefficient (Wildman–Crippen LogP) is 5.70. The van der Waals surface area contributed by atoms with Crippen molar-refractivity contribution in [3.8, 4) is 5.69 Å². The first kappa shape index (κ1) is 22.8. The number of nitrogen functional groups attached to an aromatic ring is 1. The SMILES string of the molecule is C[C@@H](CCc1ccccc1)NC(=O)c1c(N)n(-c2ccc(F)c(Cl)c2)c2nc3ccccc3nc12. The Morgan fingerprint density at radius 2 is 1.74 bits per heavy atom. The van der Waals surface area contributed by atoms with E-state index in [0.717, 1.165) is 12.8 Å². The number of aromatic nitrogens is 3. The number of anilines is 1. The molecular formula is C27H23ClFN5O. The van der Waals surface area contributed by atoms with Gasteiger partial charge in [0.05, 0.1) is 21.7 Å². The highest BCUT2D eigenvalue weighted by atomic mass is 35.5. The molecule has 6 nitrogen and oxygen atoms in total. The maximum Gasteiger partial charge on any atom is 0.257 e. The number of halogens is 2. The van der Waals surface area contributed by atoms with Crippen molar-refractivity contribution in [2.75, 3.05) is 5.73 Å². The monoisotopic (exact) mass is 487 g/mol. The van der Waals surface area contributed by atoms with Crippen molar-refractivity contribution < 1.29 is 9.18 Å². The molecule has 0 radical (unpaired) electrons. The van der Waals surface area contributed by atoms with E-state index in [1.807, 2.05) is 49.4 Å². The van der Waals surface area contributed by atoms with Gasteiger partial charge < -0.3 is 11.1 Å². The number of fused-ring (bicyclic) bond motifs is 2. The third-order valence-corrected chi connectivity index (χ3v) is 6.26. The van der Waals surface area contributed by atoms with Gasteiger partial charge in [0.15, 0.2) is 5.65 Å². The Morgan fingerprint density at radius 3 is 2.46 bits per heavy atom. The van der Waals surface area contributed by atoms with Gasteiger partial charge in [-0.25, -0.2) is 14.4 Å². The van der Waals surface area contributed by atoms with Gasteiger partial charge in [0, 0.05) is 6.04 Å². The molecule has 1 amide bonds. The summed E-state index contributed by atoms with van der Waals surface area (Å²) in [7, 11) is 0. The topological polar surface area (TPSA) is 85.8 Å². The normalized spacial score (nSPS) is 12.2. The number of carbonyl (C=O) groups excluding carboxylic acids is 1. The Labute approximate surface area is 206 Å². The highest BCUT2D eigenvalue weighted by Crippen LogP contribution is 2.32. The largest absolute Gasteiger partial charge is 0.384 e. The average Bonchev–Trinajstić information content (AvgIpc) is 3.14. The van der Waals surface area contributed by atoms with Gasteiger partial charge in [-0.05, 0) is 55.7 Å². The lowest BCUT2D eigenvalue weighted by molar-refractivity contribution is 0.0941. The molecule has 1 atom stereocenters. The highest BCUT2D eigenvalue weighted by molar-refractivity contribution is 6.31. The first-order valence-corrected chi connectivity index (χ1v) is 11.7. The molecule has 8 heteroatoms. The molecule has 0 unspecified atom stereocenters. The van der Waals surface area contributed by atoms with Gasteiger partial charge in [-0.2, -0.15) is 0 Å². The summed E-state index contributed by atoms with van der Waals surface area (Å²) in [4.78, 5) is 22.9. The van der Waals surface area contributed by atoms with Gasteiger partial charge >= 0.3 is 0 Å². The van der Waals surface area contributed by atoms with E-state index >= 15 is 0 Å². The van der Waals surface area contributed by atoms with E-state index in [4.69, 9.17) is 27.3 Å². The van der Waals surface area contributed by atoms with Gasteiger partial charge in [-0.3, -0.25) is 9.36 Å². The number of nitrogens with two attached hydrogens (primary N) is 1. The first-order valence-electron chi connectivity index (χ1n) is 11.3. The maximum absolute atomic E-state index is 13.8. The smallest absolute Gasteiger partial charge is 0.257 e. The van der Waals surface area contributed by atoms with E-state index in [9.17, 15) is 9.18 Å². The third kappa shape index (κ3) is 4.42. The second kappa shape index (κ2) is 9.35. The van der Waals surface area contributed by atoms with Crippen LogP contribution >= 0.6 is 11.6 Å².